The SMILES string of the molecule is C#Cc1cccc(NC(=O)CN(C)c2cncc(SC)n2)c1. The van der Waals surface area contributed by atoms with Gasteiger partial charge in [0.2, 0.25) is 5.91 Å². The van der Waals surface area contributed by atoms with Gasteiger partial charge in [0.25, 0.3) is 0 Å². The van der Waals surface area contributed by atoms with E-state index < -0.39 is 0 Å². The molecule has 1 aromatic heterocycles. The molecular weight excluding hydrogens is 296 g/mol. The van der Waals surface area contributed by atoms with E-state index in [0.717, 1.165) is 10.6 Å². The van der Waals surface area contributed by atoms with Crippen molar-refractivity contribution < 1.29 is 4.79 Å². The minimum atomic E-state index is -0.145. The summed E-state index contributed by atoms with van der Waals surface area (Å²) >= 11 is 1.51. The van der Waals surface area contributed by atoms with E-state index in [4.69, 9.17) is 6.42 Å². The topological polar surface area (TPSA) is 58.1 Å². The van der Waals surface area contributed by atoms with E-state index in [1.165, 1.54) is 11.8 Å². The van der Waals surface area contributed by atoms with Crippen LogP contribution in [0.3, 0.4) is 0 Å². The number of carbonyl (C=O) groups excluding carboxylic acids is 1. The molecule has 0 aliphatic carbocycles. The molecule has 0 saturated carbocycles. The highest BCUT2D eigenvalue weighted by molar-refractivity contribution is 7.98. The minimum Gasteiger partial charge on any atom is -0.349 e. The lowest BCUT2D eigenvalue weighted by molar-refractivity contribution is -0.114. The van der Waals surface area contributed by atoms with Crippen LogP contribution in [0.4, 0.5) is 11.5 Å². The van der Waals surface area contributed by atoms with E-state index in [9.17, 15) is 4.79 Å². The third kappa shape index (κ3) is 4.24. The highest BCUT2D eigenvalue weighted by atomic mass is 32.2. The zero-order valence-electron chi connectivity index (χ0n) is 12.4. The number of hydrogen-bond donors (Lipinski definition) is 1. The van der Waals surface area contributed by atoms with Gasteiger partial charge in [-0.2, -0.15) is 0 Å². The van der Waals surface area contributed by atoms with Crippen molar-refractivity contribution in [1.29, 1.82) is 0 Å². The molecule has 0 radical (unpaired) electrons. The summed E-state index contributed by atoms with van der Waals surface area (Å²) in [7, 11) is 1.80. The molecule has 2 aromatic rings. The lowest BCUT2D eigenvalue weighted by atomic mass is 10.2. The lowest BCUT2D eigenvalue weighted by Gasteiger charge is -2.17. The molecule has 0 fully saturated rings. The molecule has 22 heavy (non-hydrogen) atoms. The van der Waals surface area contributed by atoms with Crippen LogP contribution in [0.25, 0.3) is 0 Å². The van der Waals surface area contributed by atoms with Crippen LogP contribution in [-0.4, -0.2) is 35.7 Å². The van der Waals surface area contributed by atoms with Crippen LogP contribution >= 0.6 is 11.8 Å². The number of rotatable bonds is 5. The van der Waals surface area contributed by atoms with Crippen LogP contribution in [0.1, 0.15) is 5.56 Å². The second-order valence-corrected chi connectivity index (χ2v) is 5.38. The zero-order valence-corrected chi connectivity index (χ0v) is 13.2. The first-order valence-corrected chi connectivity index (χ1v) is 7.78. The Balaban J connectivity index is 2.00. The van der Waals surface area contributed by atoms with Crippen molar-refractivity contribution in [3.8, 4) is 12.3 Å². The van der Waals surface area contributed by atoms with E-state index in [1.807, 2.05) is 18.4 Å². The van der Waals surface area contributed by atoms with Crippen molar-refractivity contribution in [1.82, 2.24) is 9.97 Å². The summed E-state index contributed by atoms with van der Waals surface area (Å²) in [5.74, 6) is 3.04. The number of amides is 1. The van der Waals surface area contributed by atoms with Crippen molar-refractivity contribution in [2.45, 2.75) is 5.03 Å². The number of nitrogens with one attached hydrogen (secondary N) is 1. The number of hydrogen-bond acceptors (Lipinski definition) is 5. The average Bonchev–Trinajstić information content (AvgIpc) is 2.54. The summed E-state index contributed by atoms with van der Waals surface area (Å²) in [4.78, 5) is 22.3. The molecule has 0 aliphatic heterocycles. The second-order valence-electron chi connectivity index (χ2n) is 4.55. The van der Waals surface area contributed by atoms with E-state index in [1.54, 1.807) is 36.5 Å². The van der Waals surface area contributed by atoms with Crippen molar-refractivity contribution in [2.24, 2.45) is 0 Å². The molecule has 5 nitrogen and oxygen atoms in total. The molecule has 0 saturated heterocycles. The van der Waals surface area contributed by atoms with Crippen LogP contribution in [-0.2, 0) is 4.79 Å². The Kier molecular flexibility index (Phi) is 5.39. The fraction of sp³-hybridized carbons (Fsp3) is 0.188. The number of aromatic nitrogens is 2. The number of carbonyl (C=O) groups is 1. The van der Waals surface area contributed by atoms with Gasteiger partial charge in [0.05, 0.1) is 18.9 Å². The summed E-state index contributed by atoms with van der Waals surface area (Å²) in [6.45, 7) is 0.173. The Hall–Kier alpha value is -2.52. The van der Waals surface area contributed by atoms with E-state index in [-0.39, 0.29) is 12.5 Å². The van der Waals surface area contributed by atoms with Crippen LogP contribution < -0.4 is 10.2 Å². The van der Waals surface area contributed by atoms with Crippen molar-refractivity contribution in [2.75, 3.05) is 30.1 Å². The third-order valence-electron chi connectivity index (χ3n) is 2.89. The van der Waals surface area contributed by atoms with Gasteiger partial charge in [0.1, 0.15) is 10.8 Å². The monoisotopic (exact) mass is 312 g/mol. The molecule has 112 valence electrons. The van der Waals surface area contributed by atoms with Gasteiger partial charge in [0, 0.05) is 18.3 Å². The van der Waals surface area contributed by atoms with E-state index in [2.05, 4.69) is 21.2 Å². The number of benzene rings is 1. The molecule has 0 bridgehead atoms. The maximum absolute atomic E-state index is 12.1. The van der Waals surface area contributed by atoms with Crippen molar-refractivity contribution in [3.63, 3.8) is 0 Å². The van der Waals surface area contributed by atoms with E-state index >= 15 is 0 Å². The molecule has 0 atom stereocenters. The Morgan fingerprint density at radius 2 is 2.27 bits per heavy atom. The molecule has 0 unspecified atom stereocenters. The number of likely N-dealkylation sites (N-methyl/N-ethyl adjacent to an activating group) is 1. The standard InChI is InChI=1S/C16H16N4OS/c1-4-12-6-5-7-13(8-12)18-15(21)11-20(2)14-9-17-10-16(19-14)22-3/h1,5-10H,11H2,2-3H3,(H,18,21). The van der Waals surface area contributed by atoms with Crippen LogP contribution in [0.2, 0.25) is 0 Å². The summed E-state index contributed by atoms with van der Waals surface area (Å²) in [5, 5.41) is 3.63. The first-order chi connectivity index (χ1) is 10.6. The van der Waals surface area contributed by atoms with Gasteiger partial charge in [-0.15, -0.1) is 18.2 Å². The third-order valence-corrected chi connectivity index (χ3v) is 3.51. The highest BCUT2D eigenvalue weighted by Gasteiger charge is 2.10. The molecule has 1 N–H and O–H groups in total. The lowest BCUT2D eigenvalue weighted by Crippen LogP contribution is -2.30. The van der Waals surface area contributed by atoms with Gasteiger partial charge < -0.3 is 10.2 Å². The van der Waals surface area contributed by atoms with Gasteiger partial charge in [-0.25, -0.2) is 4.98 Å². The first-order valence-electron chi connectivity index (χ1n) is 6.56. The maximum atomic E-state index is 12.1. The molecule has 1 amide bonds. The normalized spacial score (nSPS) is 9.86. The molecule has 0 aliphatic rings. The number of terminal acetylenes is 1. The van der Waals surface area contributed by atoms with E-state index in [0.29, 0.717) is 11.5 Å². The highest BCUT2D eigenvalue weighted by Crippen LogP contribution is 2.15. The predicted molar refractivity (Wildman–Crippen MR) is 90.1 cm³/mol. The largest absolute Gasteiger partial charge is 0.349 e. The Labute approximate surface area is 134 Å². The van der Waals surface area contributed by atoms with Crippen molar-refractivity contribution in [3.05, 3.63) is 42.2 Å². The van der Waals surface area contributed by atoms with Gasteiger partial charge in [-0.05, 0) is 24.5 Å². The summed E-state index contributed by atoms with van der Waals surface area (Å²) in [6.07, 6.45) is 10.6. The molecule has 0 spiro atoms. The quantitative estimate of drug-likeness (QED) is 0.678. The van der Waals surface area contributed by atoms with Gasteiger partial charge >= 0.3 is 0 Å². The summed E-state index contributed by atoms with van der Waals surface area (Å²) in [6, 6.07) is 7.17. The minimum absolute atomic E-state index is 0.145. The van der Waals surface area contributed by atoms with Crippen molar-refractivity contribution >= 4 is 29.2 Å². The molecule has 6 heteroatoms. The van der Waals surface area contributed by atoms with Crippen LogP contribution in [0, 0.1) is 12.3 Å². The van der Waals surface area contributed by atoms with Gasteiger partial charge in [-0.1, -0.05) is 12.0 Å². The smallest absolute Gasteiger partial charge is 0.243 e. The molecule has 2 rings (SSSR count). The Morgan fingerprint density at radius 3 is 3.00 bits per heavy atom. The predicted octanol–water partition coefficient (Wildman–Crippen LogP) is 2.25. The molecule has 1 heterocycles. The first kappa shape index (κ1) is 15.9. The number of anilines is 2. The average molecular weight is 312 g/mol. The van der Waals surface area contributed by atoms with Gasteiger partial charge in [0.15, 0.2) is 0 Å². The zero-order chi connectivity index (χ0) is 15.9. The number of nitrogens with zero attached hydrogens (tertiary/aromatic N) is 3. The van der Waals surface area contributed by atoms with Gasteiger partial charge in [-0.3, -0.25) is 9.78 Å². The van der Waals surface area contributed by atoms with Crippen LogP contribution in [0.15, 0.2) is 41.7 Å². The summed E-state index contributed by atoms with van der Waals surface area (Å²) < 4.78 is 0. The second kappa shape index (κ2) is 7.48. The molecule has 1 aromatic carbocycles. The number of thioether (sulfide) groups is 1. The molecular formula is C16H16N4OS. The Bertz CT molecular complexity index is 711. The summed E-state index contributed by atoms with van der Waals surface area (Å²) in [5.41, 5.74) is 1.41. The Morgan fingerprint density at radius 1 is 1.45 bits per heavy atom. The fourth-order valence-corrected chi connectivity index (χ4v) is 2.16. The van der Waals surface area contributed by atoms with Crippen LogP contribution in [0.5, 0.6) is 0 Å². The maximum Gasteiger partial charge on any atom is 0.243 e. The fourth-order valence-electron chi connectivity index (χ4n) is 1.80.